The normalized spacial score (nSPS) is 25.5. The Balaban J connectivity index is 0.000000410. The number of rotatable bonds is 10. The summed E-state index contributed by atoms with van der Waals surface area (Å²) in [6.07, 6.45) is 13.2. The monoisotopic (exact) mass is 963 g/mol. The number of carbonyl (C=O) groups excluding carboxylic acids is 6. The van der Waals surface area contributed by atoms with Gasteiger partial charge in [-0.25, -0.2) is 0 Å². The van der Waals surface area contributed by atoms with Gasteiger partial charge in [-0.1, -0.05) is 111 Å². The molecule has 0 spiro atoms. The van der Waals surface area contributed by atoms with Crippen LogP contribution in [0.2, 0.25) is 0 Å². The molecule has 0 aromatic heterocycles. The number of esters is 1. The second kappa shape index (κ2) is 31.1. The lowest BCUT2D eigenvalue weighted by Crippen LogP contribution is -2.24. The Bertz CT molecular complexity index is 1760. The Hall–Kier alpha value is -3.35. The van der Waals surface area contributed by atoms with Gasteiger partial charge in [-0.3, -0.25) is 28.8 Å². The number of hydrogen-bond acceptors (Lipinski definition) is 9. The predicted octanol–water partition coefficient (Wildman–Crippen LogP) is 13.9. The molecule has 6 unspecified atom stereocenters. The first-order valence-electron chi connectivity index (χ1n) is 25.7. The summed E-state index contributed by atoms with van der Waals surface area (Å²) in [6, 6.07) is 0. The first-order chi connectivity index (χ1) is 31.5. The Morgan fingerprint density at radius 3 is 1.57 bits per heavy atom. The van der Waals surface area contributed by atoms with E-state index in [1.807, 2.05) is 0 Å². The molecular formula is C59H94O8S. The van der Waals surface area contributed by atoms with Crippen molar-refractivity contribution in [3.05, 3.63) is 48.6 Å². The maximum atomic E-state index is 11.4. The van der Waals surface area contributed by atoms with E-state index in [0.29, 0.717) is 83.8 Å². The Morgan fingerprint density at radius 1 is 0.662 bits per heavy atom. The molecule has 6 atom stereocenters. The molecule has 0 amide bonds. The number of carbonyl (C=O) groups is 6. The van der Waals surface area contributed by atoms with Crippen LogP contribution in [0.3, 0.4) is 0 Å². The fourth-order valence-electron chi connectivity index (χ4n) is 9.31. The van der Waals surface area contributed by atoms with Crippen LogP contribution in [0.4, 0.5) is 0 Å². The highest BCUT2D eigenvalue weighted by atomic mass is 32.2. The smallest absolute Gasteiger partial charge is 0.313 e. The molecule has 0 aromatic rings. The van der Waals surface area contributed by atoms with Gasteiger partial charge in [-0.15, -0.1) is 23.6 Å². The Morgan fingerprint density at radius 2 is 1.19 bits per heavy atom. The average molecular weight is 963 g/mol. The Kier molecular flexibility index (Phi) is 28.6. The average Bonchev–Trinajstić information content (AvgIpc) is 3.50. The van der Waals surface area contributed by atoms with Crippen LogP contribution in [0.25, 0.3) is 0 Å². The van der Waals surface area contributed by atoms with Crippen molar-refractivity contribution in [3.8, 4) is 11.8 Å². The van der Waals surface area contributed by atoms with Crippen LogP contribution >= 0.6 is 11.8 Å². The fraction of sp³-hybridized carbons (Fsp3) is 0.729. The van der Waals surface area contributed by atoms with Crippen molar-refractivity contribution in [2.45, 2.75) is 216 Å². The van der Waals surface area contributed by atoms with Crippen LogP contribution in [-0.2, 0) is 38.2 Å². The van der Waals surface area contributed by atoms with E-state index in [1.54, 1.807) is 25.6 Å². The van der Waals surface area contributed by atoms with E-state index in [-0.39, 0.29) is 34.9 Å². The molecule has 5 fully saturated rings. The van der Waals surface area contributed by atoms with E-state index >= 15 is 0 Å². The van der Waals surface area contributed by atoms with E-state index in [4.69, 9.17) is 9.47 Å². The second-order valence-corrected chi connectivity index (χ2v) is 24.5. The van der Waals surface area contributed by atoms with Crippen molar-refractivity contribution in [3.63, 3.8) is 0 Å². The third-order valence-electron chi connectivity index (χ3n) is 13.1. The minimum absolute atomic E-state index is 0.113. The second-order valence-electron chi connectivity index (χ2n) is 22.7. The summed E-state index contributed by atoms with van der Waals surface area (Å²) in [4.78, 5) is 66.1. The van der Waals surface area contributed by atoms with Crippen LogP contribution in [0.5, 0.6) is 0 Å². The molecule has 68 heavy (non-hydrogen) atoms. The first-order valence-corrected chi connectivity index (χ1v) is 26.6. The molecule has 0 N–H and O–H groups in total. The van der Waals surface area contributed by atoms with Gasteiger partial charge in [0.25, 0.3) is 0 Å². The van der Waals surface area contributed by atoms with Crippen molar-refractivity contribution in [1.82, 2.24) is 0 Å². The lowest BCUT2D eigenvalue weighted by molar-refractivity contribution is -0.149. The van der Waals surface area contributed by atoms with Crippen molar-refractivity contribution < 1.29 is 38.2 Å². The number of thioether (sulfide) groups is 1. The van der Waals surface area contributed by atoms with Gasteiger partial charge in [0, 0.05) is 56.8 Å². The van der Waals surface area contributed by atoms with Crippen molar-refractivity contribution in [2.75, 3.05) is 6.61 Å². The molecule has 5 saturated carbocycles. The minimum Gasteiger partial charge on any atom is -0.463 e. The van der Waals surface area contributed by atoms with Crippen LogP contribution in [0.15, 0.2) is 48.6 Å². The van der Waals surface area contributed by atoms with E-state index < -0.39 is 5.97 Å². The van der Waals surface area contributed by atoms with Crippen molar-refractivity contribution in [2.24, 2.45) is 52.8 Å². The van der Waals surface area contributed by atoms with Gasteiger partial charge in [-0.05, 0) is 126 Å². The topological polar surface area (TPSA) is 121 Å². The highest BCUT2D eigenvalue weighted by molar-refractivity contribution is 8.01. The third-order valence-corrected chi connectivity index (χ3v) is 14.5. The maximum absolute atomic E-state index is 11.4. The molecule has 0 heterocycles. The molecule has 384 valence electrons. The molecule has 0 bridgehead atoms. The van der Waals surface area contributed by atoms with Crippen LogP contribution < -0.4 is 0 Å². The summed E-state index contributed by atoms with van der Waals surface area (Å²) in [5, 5.41) is 0.761. The standard InChI is InChI=1S/C13H20O.3C10H16O.C9H14OS.C7H12O3/c1-10(2)14-9-13-11-7-5-3-4-6-8-12(11)13;1-7-5-8(9(11)6-7)10(2,3)4;1-7(2)9-4-8(3)5-10(11)6-9;1-7(2)9-5-4-8(3)6-10(9)11;1-6(2)11-9-5-7(3)4-8(9)10;1-5(2)10-7(9)4-6(3)8/h10-13H,5-9H2,1-2H3;8H,1,5-6H2,2-4H3;2*7,9H,3-6H2,1-2H3;6,9H,3-5H2,1-2H3;5H,4H2,1-3H3. The maximum Gasteiger partial charge on any atom is 0.313 e. The number of fused-ring (bicyclic) bond motifs is 1. The van der Waals surface area contributed by atoms with Crippen LogP contribution in [0.1, 0.15) is 193 Å². The molecule has 6 aliphatic rings. The van der Waals surface area contributed by atoms with Gasteiger partial charge in [0.15, 0.2) is 0 Å². The lowest BCUT2D eigenvalue weighted by Gasteiger charge is -2.25. The van der Waals surface area contributed by atoms with E-state index in [1.165, 1.54) is 19.8 Å². The summed E-state index contributed by atoms with van der Waals surface area (Å²) in [5.74, 6) is 12.3. The summed E-state index contributed by atoms with van der Waals surface area (Å²) < 4.78 is 10.4. The number of ether oxygens (including phenoxy) is 2. The fourth-order valence-corrected chi connectivity index (χ4v) is 10.5. The zero-order valence-electron chi connectivity index (χ0n) is 45.2. The van der Waals surface area contributed by atoms with Gasteiger partial charge in [0.2, 0.25) is 0 Å². The minimum atomic E-state index is -0.442. The zero-order valence-corrected chi connectivity index (χ0v) is 46.1. The highest BCUT2D eigenvalue weighted by Gasteiger charge is 2.48. The molecule has 8 nitrogen and oxygen atoms in total. The third kappa shape index (κ3) is 26.0. The summed E-state index contributed by atoms with van der Waals surface area (Å²) >= 11 is 1.76. The first kappa shape index (κ1) is 62.7. The lowest BCUT2D eigenvalue weighted by atomic mass is 9.79. The zero-order chi connectivity index (χ0) is 52.1. The Labute approximate surface area is 418 Å². The van der Waals surface area contributed by atoms with E-state index in [2.05, 4.69) is 114 Å². The molecule has 0 saturated heterocycles. The number of Topliss-reactive ketones (excluding diaryl/α,β-unsaturated/α-hetero) is 5. The highest BCUT2D eigenvalue weighted by Crippen LogP contribution is 2.52. The molecule has 0 aromatic carbocycles. The van der Waals surface area contributed by atoms with Crippen LogP contribution in [0, 0.1) is 64.6 Å². The quantitative estimate of drug-likeness (QED) is 0.0912. The predicted molar refractivity (Wildman–Crippen MR) is 283 cm³/mol. The molecule has 9 heteroatoms. The summed E-state index contributed by atoms with van der Waals surface area (Å²) in [6.45, 7) is 44.7. The van der Waals surface area contributed by atoms with Gasteiger partial charge >= 0.3 is 5.97 Å². The largest absolute Gasteiger partial charge is 0.463 e. The van der Waals surface area contributed by atoms with Gasteiger partial charge in [0.05, 0.1) is 24.1 Å². The molecule has 6 rings (SSSR count). The molecule has 6 aliphatic carbocycles. The van der Waals surface area contributed by atoms with Crippen LogP contribution in [-0.4, -0.2) is 64.2 Å². The summed E-state index contributed by atoms with van der Waals surface area (Å²) in [5.41, 5.74) is 4.58. The van der Waals surface area contributed by atoms with E-state index in [9.17, 15) is 28.8 Å². The number of hydrogen-bond donors (Lipinski definition) is 0. The van der Waals surface area contributed by atoms with Crippen molar-refractivity contribution in [1.29, 1.82) is 0 Å². The SMILES string of the molecule is C=C1CC(=O)C(C(C)(C)C)C1.C=C1CC(=O)C(SC(C)C)C1.C=C1CC(=O)CC(C(C)C)C1.C=C1CCC(C(C)C)C(=O)C1.CC(=O)CC(=O)OC(C)C.CC(C)OCC1C2CCC#CCCC21. The molecular weight excluding hydrogens is 869 g/mol. The molecule has 0 aliphatic heterocycles. The summed E-state index contributed by atoms with van der Waals surface area (Å²) in [7, 11) is 0. The van der Waals surface area contributed by atoms with Gasteiger partial charge in [-0.2, -0.15) is 0 Å². The number of allylic oxidation sites excluding steroid dienone is 4. The van der Waals surface area contributed by atoms with E-state index in [0.717, 1.165) is 98.0 Å². The van der Waals surface area contributed by atoms with Crippen molar-refractivity contribution >= 4 is 46.6 Å². The van der Waals surface area contributed by atoms with Gasteiger partial charge in [0.1, 0.15) is 35.3 Å². The molecule has 0 radical (unpaired) electrons. The van der Waals surface area contributed by atoms with Gasteiger partial charge < -0.3 is 9.47 Å². The number of ketones is 5.